The number of carboxylic acids is 2. The topological polar surface area (TPSA) is 254 Å². The van der Waals surface area contributed by atoms with Crippen LogP contribution < -0.4 is 27.4 Å². The lowest BCUT2D eigenvalue weighted by Crippen LogP contribution is -2.65. The highest BCUT2D eigenvalue weighted by atomic mass is 16.4. The van der Waals surface area contributed by atoms with Crippen molar-refractivity contribution in [2.75, 3.05) is 23.4 Å². The lowest BCUT2D eigenvalue weighted by molar-refractivity contribution is -0.151. The molecule has 0 spiro atoms. The molecule has 15 nitrogen and oxygen atoms in total. The summed E-state index contributed by atoms with van der Waals surface area (Å²) >= 11 is 0. The Morgan fingerprint density at radius 3 is 2.32 bits per heavy atom. The first-order valence-electron chi connectivity index (χ1n) is 12.7. The van der Waals surface area contributed by atoms with Gasteiger partial charge in [-0.05, 0) is 36.6 Å². The highest BCUT2D eigenvalue weighted by Gasteiger charge is 2.50. The van der Waals surface area contributed by atoms with Gasteiger partial charge in [-0.3, -0.25) is 14.4 Å². The molecule has 0 aliphatic rings. The van der Waals surface area contributed by atoms with Crippen molar-refractivity contribution >= 4 is 52.2 Å². The highest BCUT2D eigenvalue weighted by Crippen LogP contribution is 2.23. The van der Waals surface area contributed by atoms with Crippen LogP contribution in [0.5, 0.6) is 0 Å². The summed E-state index contributed by atoms with van der Waals surface area (Å²) in [6.45, 7) is 3.75. The number of aliphatic carboxylic acids is 2. The molecule has 15 heteroatoms. The van der Waals surface area contributed by atoms with Gasteiger partial charge in [-0.25, -0.2) is 14.8 Å². The van der Waals surface area contributed by atoms with Gasteiger partial charge in [0.05, 0.1) is 24.5 Å². The second-order valence-electron chi connectivity index (χ2n) is 9.74. The number of carbonyl (C=O) groups excluding carboxylic acids is 2. The molecule has 2 aromatic heterocycles. The number of hydrogen-bond acceptors (Lipinski definition) is 12. The number of hydrogen-bond donors (Lipinski definition) is 6. The molecule has 0 bridgehead atoms. The maximum absolute atomic E-state index is 13.3. The molecule has 0 saturated heterocycles. The second kappa shape index (κ2) is 12.5. The predicted octanol–water partition coefficient (Wildman–Crippen LogP) is 0.581. The zero-order valence-corrected chi connectivity index (χ0v) is 22.9. The van der Waals surface area contributed by atoms with E-state index in [4.69, 9.17) is 17.2 Å². The molecule has 1 amide bonds. The first kappa shape index (κ1) is 30.6. The number of anilines is 3. The minimum absolute atomic E-state index is 0.0106. The highest BCUT2D eigenvalue weighted by molar-refractivity contribution is 6.14. The van der Waals surface area contributed by atoms with Gasteiger partial charge in [0.25, 0.3) is 5.91 Å². The van der Waals surface area contributed by atoms with Gasteiger partial charge in [0.15, 0.2) is 28.3 Å². The molecule has 0 fully saturated rings. The van der Waals surface area contributed by atoms with E-state index in [1.165, 1.54) is 18.3 Å². The summed E-state index contributed by atoms with van der Waals surface area (Å²) in [7, 11) is 1.78. The maximum atomic E-state index is 13.3. The molecule has 41 heavy (non-hydrogen) atoms. The van der Waals surface area contributed by atoms with Gasteiger partial charge >= 0.3 is 11.9 Å². The summed E-state index contributed by atoms with van der Waals surface area (Å²) in [6, 6.07) is 4.91. The Kier molecular flexibility index (Phi) is 9.34. The summed E-state index contributed by atoms with van der Waals surface area (Å²) < 4.78 is 0. The van der Waals surface area contributed by atoms with Crippen LogP contribution in [0.2, 0.25) is 0 Å². The van der Waals surface area contributed by atoms with Crippen LogP contribution in [0.4, 0.5) is 17.5 Å². The van der Waals surface area contributed by atoms with E-state index in [1.54, 1.807) is 33.0 Å². The van der Waals surface area contributed by atoms with E-state index in [0.717, 1.165) is 0 Å². The predicted molar refractivity (Wildman–Crippen MR) is 150 cm³/mol. The Morgan fingerprint density at radius 1 is 1.07 bits per heavy atom. The molecule has 0 unspecified atom stereocenters. The largest absolute Gasteiger partial charge is 0.481 e. The molecule has 0 aliphatic heterocycles. The molecule has 2 heterocycles. The number of ketones is 1. The van der Waals surface area contributed by atoms with Crippen LogP contribution in [-0.2, 0) is 20.9 Å². The van der Waals surface area contributed by atoms with E-state index in [9.17, 15) is 29.4 Å². The normalized spacial score (nSPS) is 14.0. The average Bonchev–Trinajstić information content (AvgIpc) is 2.94. The molecule has 3 rings (SSSR count). The third-order valence-electron chi connectivity index (χ3n) is 6.86. The summed E-state index contributed by atoms with van der Waals surface area (Å²) in [5, 5.41) is 21.5. The van der Waals surface area contributed by atoms with Gasteiger partial charge in [-0.15, -0.1) is 0 Å². The molecule has 0 aliphatic carbocycles. The fourth-order valence-electron chi connectivity index (χ4n) is 4.13. The molecular weight excluding hydrogens is 534 g/mol. The van der Waals surface area contributed by atoms with Crippen LogP contribution in [0, 0.1) is 5.92 Å². The van der Waals surface area contributed by atoms with E-state index in [-0.39, 0.29) is 23.0 Å². The van der Waals surface area contributed by atoms with Crippen molar-refractivity contribution in [1.29, 1.82) is 0 Å². The van der Waals surface area contributed by atoms with Crippen molar-refractivity contribution in [2.24, 2.45) is 11.7 Å². The molecule has 0 saturated carbocycles. The van der Waals surface area contributed by atoms with Gasteiger partial charge in [-0.2, -0.15) is 9.97 Å². The number of carbonyl (C=O) groups is 4. The minimum atomic E-state index is -2.52. The monoisotopic (exact) mass is 567 g/mol. The molecular formula is C26H33N9O6. The first-order chi connectivity index (χ1) is 19.3. The first-order valence-corrected chi connectivity index (χ1v) is 12.7. The minimum Gasteiger partial charge on any atom is -0.481 e. The average molecular weight is 568 g/mol. The molecule has 0 radical (unpaired) electrons. The number of amides is 1. The quantitative estimate of drug-likeness (QED) is 0.154. The Balaban J connectivity index is 1.82. The number of nitrogens with two attached hydrogens (primary N) is 3. The number of aromatic nitrogens is 4. The molecule has 218 valence electrons. The third-order valence-corrected chi connectivity index (χ3v) is 6.86. The number of nitrogen functional groups attached to an aromatic ring is 2. The fourth-order valence-corrected chi connectivity index (χ4v) is 4.13. The van der Waals surface area contributed by atoms with Gasteiger partial charge in [0, 0.05) is 24.7 Å². The lowest BCUT2D eigenvalue weighted by atomic mass is 9.80. The van der Waals surface area contributed by atoms with E-state index < -0.39 is 54.0 Å². The number of rotatable bonds is 13. The van der Waals surface area contributed by atoms with Crippen LogP contribution in [0.3, 0.4) is 0 Å². The zero-order chi connectivity index (χ0) is 30.5. The summed E-state index contributed by atoms with van der Waals surface area (Å²) in [5.41, 5.74) is 16.9. The van der Waals surface area contributed by atoms with Crippen molar-refractivity contribution in [2.45, 2.75) is 51.2 Å². The van der Waals surface area contributed by atoms with E-state index in [1.807, 2.05) is 4.90 Å². The molecule has 3 atom stereocenters. The number of benzene rings is 1. The van der Waals surface area contributed by atoms with Crippen LogP contribution >= 0.6 is 0 Å². The SMILES string of the molecule is CC[C@H](C)[C@H](N)C(=O)[C@@](CCC(=O)O)(NC(=O)c1ccc(N(C)Cc2cnc3nc(N)nc(N)c3n2)cc1)C(=O)O. The number of nitrogens with one attached hydrogen (secondary N) is 1. The second-order valence-corrected chi connectivity index (χ2v) is 9.74. The van der Waals surface area contributed by atoms with Gasteiger partial charge in [0.2, 0.25) is 5.95 Å². The van der Waals surface area contributed by atoms with E-state index in [0.29, 0.717) is 29.9 Å². The Morgan fingerprint density at radius 2 is 1.73 bits per heavy atom. The third kappa shape index (κ3) is 6.81. The summed E-state index contributed by atoms with van der Waals surface area (Å²) in [5.74, 6) is -5.14. The number of Topliss-reactive ketones (excluding diaryl/α,β-unsaturated/α-hetero) is 1. The van der Waals surface area contributed by atoms with Crippen molar-refractivity contribution in [3.8, 4) is 0 Å². The Bertz CT molecular complexity index is 1470. The van der Waals surface area contributed by atoms with Crippen molar-refractivity contribution in [3.63, 3.8) is 0 Å². The molecule has 1 aromatic carbocycles. The van der Waals surface area contributed by atoms with Crippen LogP contribution in [0.25, 0.3) is 11.2 Å². The fraction of sp³-hybridized carbons (Fsp3) is 0.385. The molecule has 9 N–H and O–H groups in total. The zero-order valence-electron chi connectivity index (χ0n) is 22.9. The van der Waals surface area contributed by atoms with Gasteiger partial charge in [-0.1, -0.05) is 20.3 Å². The van der Waals surface area contributed by atoms with Crippen molar-refractivity contribution in [1.82, 2.24) is 25.3 Å². The Labute approximate surface area is 235 Å². The lowest BCUT2D eigenvalue weighted by Gasteiger charge is -2.32. The van der Waals surface area contributed by atoms with Crippen molar-refractivity contribution < 1.29 is 29.4 Å². The van der Waals surface area contributed by atoms with Crippen LogP contribution in [0.1, 0.15) is 49.2 Å². The van der Waals surface area contributed by atoms with Gasteiger partial charge in [0.1, 0.15) is 0 Å². The van der Waals surface area contributed by atoms with Crippen molar-refractivity contribution in [3.05, 3.63) is 41.7 Å². The van der Waals surface area contributed by atoms with E-state index >= 15 is 0 Å². The summed E-state index contributed by atoms with van der Waals surface area (Å²) in [4.78, 5) is 68.4. The number of carboxylic acid groups (broad SMARTS) is 2. The van der Waals surface area contributed by atoms with Gasteiger partial charge < -0.3 is 37.6 Å². The number of nitrogens with zero attached hydrogens (tertiary/aromatic N) is 5. The smallest absolute Gasteiger partial charge is 0.337 e. The molecule has 3 aromatic rings. The summed E-state index contributed by atoms with van der Waals surface area (Å²) in [6.07, 6.45) is 0.668. The van der Waals surface area contributed by atoms with E-state index in [2.05, 4.69) is 25.3 Å². The van der Waals surface area contributed by atoms with Crippen LogP contribution in [0.15, 0.2) is 30.5 Å². The standard InChI is InChI=1S/C26H33N9O6/c1-4-13(2)18(27)20(38)26(24(40)41,10-9-17(36)37)34-23(39)14-5-7-16(8-6-14)35(3)12-15-11-30-22-19(31-15)21(28)32-25(29)33-22/h5-8,11,13,18H,4,9-10,12,27H2,1-3H3,(H,34,39)(H,36,37)(H,40,41)(H4,28,29,30,32,33)/t13-,18-,26+/m0/s1. The Hall–Kier alpha value is -4.92. The number of fused-ring (bicyclic) bond motifs is 1. The van der Waals surface area contributed by atoms with Crippen LogP contribution in [-0.4, -0.2) is 72.4 Å². The maximum Gasteiger partial charge on any atom is 0.337 e.